The van der Waals surface area contributed by atoms with Gasteiger partial charge in [0.15, 0.2) is 5.79 Å². The van der Waals surface area contributed by atoms with E-state index in [1.54, 1.807) is 24.1 Å². The van der Waals surface area contributed by atoms with Gasteiger partial charge in [-0.3, -0.25) is 15.5 Å². The van der Waals surface area contributed by atoms with Gasteiger partial charge in [0.1, 0.15) is 17.9 Å². The van der Waals surface area contributed by atoms with Crippen LogP contribution in [0.15, 0.2) is 71.7 Å². The van der Waals surface area contributed by atoms with E-state index in [0.717, 1.165) is 16.7 Å². The number of allylic oxidation sites excluding steroid dienone is 2. The average Bonchev–Trinajstić information content (AvgIpc) is 3.00. The molecule has 6 nitrogen and oxygen atoms in total. The van der Waals surface area contributed by atoms with Gasteiger partial charge in [0.05, 0.1) is 12.2 Å². The second-order valence-electron chi connectivity index (χ2n) is 7.15. The molecule has 0 aromatic heterocycles. The van der Waals surface area contributed by atoms with Gasteiger partial charge in [0.2, 0.25) is 0 Å². The fourth-order valence-electron chi connectivity index (χ4n) is 3.02. The van der Waals surface area contributed by atoms with Crippen molar-refractivity contribution in [1.82, 2.24) is 10.2 Å². The maximum Gasteiger partial charge on any atom is 0.260 e. The Bertz CT molecular complexity index is 893. The number of nitrogens with one attached hydrogen (secondary N) is 1. The topological polar surface area (TPSA) is 79.9 Å². The Hall–Kier alpha value is -3.19. The molecule has 3 N–H and O–H groups in total. The number of amides is 1. The molecule has 0 bridgehead atoms. The van der Waals surface area contributed by atoms with E-state index in [1.165, 1.54) is 6.92 Å². The Morgan fingerprint density at radius 2 is 2.10 bits per heavy atom. The van der Waals surface area contributed by atoms with Crippen molar-refractivity contribution in [2.45, 2.75) is 26.2 Å². The van der Waals surface area contributed by atoms with Crippen LogP contribution in [0.2, 0.25) is 0 Å². The lowest BCUT2D eigenvalue weighted by Crippen LogP contribution is -2.36. The van der Waals surface area contributed by atoms with E-state index in [9.17, 15) is 9.18 Å². The minimum atomic E-state index is -2.02. The van der Waals surface area contributed by atoms with E-state index in [1.807, 2.05) is 37.5 Å². The fourth-order valence-corrected chi connectivity index (χ4v) is 3.02. The van der Waals surface area contributed by atoms with Crippen LogP contribution in [0.25, 0.3) is 5.57 Å². The third kappa shape index (κ3) is 5.90. The monoisotopic (exact) mass is 412 g/mol. The van der Waals surface area contributed by atoms with Crippen LogP contribution in [0.3, 0.4) is 0 Å². The first-order valence-corrected chi connectivity index (χ1v) is 9.60. The third-order valence-electron chi connectivity index (χ3n) is 4.40. The Morgan fingerprint density at radius 1 is 1.43 bits per heavy atom. The molecular formula is C23H29FN4O2. The van der Waals surface area contributed by atoms with Crippen LogP contribution in [0.5, 0.6) is 0 Å². The summed E-state index contributed by atoms with van der Waals surface area (Å²) < 4.78 is 18.9. The van der Waals surface area contributed by atoms with Crippen LogP contribution in [0.4, 0.5) is 4.39 Å². The molecule has 0 saturated carbocycles. The smallest absolute Gasteiger partial charge is 0.260 e. The van der Waals surface area contributed by atoms with Crippen molar-refractivity contribution in [3.8, 4) is 0 Å². The van der Waals surface area contributed by atoms with E-state index in [0.29, 0.717) is 18.8 Å². The SMILES string of the molecule is C=C/C(=C\NC)c1ccc(CN2CC(N=CC)=C(C(=C)OCC(C)(N)F)C2=O)cc1. The average molecular weight is 413 g/mol. The predicted octanol–water partition coefficient (Wildman–Crippen LogP) is 3.29. The highest BCUT2D eigenvalue weighted by Gasteiger charge is 2.33. The molecule has 0 aliphatic carbocycles. The minimum absolute atomic E-state index is 0.0700. The summed E-state index contributed by atoms with van der Waals surface area (Å²) in [4.78, 5) is 18.9. The zero-order chi connectivity index (χ0) is 22.3. The van der Waals surface area contributed by atoms with Crippen molar-refractivity contribution >= 4 is 17.7 Å². The van der Waals surface area contributed by atoms with Gasteiger partial charge in [-0.15, -0.1) is 0 Å². The Balaban J connectivity index is 2.15. The lowest BCUT2D eigenvalue weighted by molar-refractivity contribution is -0.126. The molecule has 1 atom stereocenters. The maximum atomic E-state index is 13.6. The molecule has 2 rings (SSSR count). The predicted molar refractivity (Wildman–Crippen MR) is 119 cm³/mol. The number of alkyl halides is 1. The number of hydrogen-bond acceptors (Lipinski definition) is 5. The highest BCUT2D eigenvalue weighted by atomic mass is 19.1. The van der Waals surface area contributed by atoms with Crippen LogP contribution in [-0.2, 0) is 16.1 Å². The molecule has 7 heteroatoms. The second kappa shape index (κ2) is 10.0. The van der Waals surface area contributed by atoms with Crippen molar-refractivity contribution in [2.24, 2.45) is 10.7 Å². The summed E-state index contributed by atoms with van der Waals surface area (Å²) in [6.07, 6.45) is 5.24. The first kappa shape index (κ1) is 23.1. The molecule has 1 aliphatic rings. The summed E-state index contributed by atoms with van der Waals surface area (Å²) in [5.41, 5.74) is 9.05. The molecule has 1 heterocycles. The molecule has 30 heavy (non-hydrogen) atoms. The summed E-state index contributed by atoms with van der Waals surface area (Å²) in [7, 11) is 1.83. The molecule has 0 radical (unpaired) electrons. The van der Waals surface area contributed by atoms with Gasteiger partial charge in [-0.25, -0.2) is 4.39 Å². The van der Waals surface area contributed by atoms with E-state index in [4.69, 9.17) is 10.5 Å². The van der Waals surface area contributed by atoms with Crippen LogP contribution in [-0.4, -0.2) is 43.0 Å². The number of ether oxygens (including phenoxy) is 1. The van der Waals surface area contributed by atoms with Crippen molar-refractivity contribution in [3.05, 3.63) is 77.9 Å². The van der Waals surface area contributed by atoms with Gasteiger partial charge in [-0.2, -0.15) is 0 Å². The molecule has 1 amide bonds. The minimum Gasteiger partial charge on any atom is -0.489 e. The van der Waals surface area contributed by atoms with Crippen LogP contribution < -0.4 is 11.1 Å². The molecule has 1 unspecified atom stereocenters. The number of halogens is 1. The summed E-state index contributed by atoms with van der Waals surface area (Å²) >= 11 is 0. The first-order chi connectivity index (χ1) is 14.2. The van der Waals surface area contributed by atoms with Crippen LogP contribution in [0.1, 0.15) is 25.0 Å². The molecule has 1 aromatic carbocycles. The number of aliphatic imine (C=N–C) groups is 1. The third-order valence-corrected chi connectivity index (χ3v) is 4.40. The molecule has 1 aliphatic heterocycles. The van der Waals surface area contributed by atoms with Gasteiger partial charge in [0, 0.05) is 26.0 Å². The summed E-state index contributed by atoms with van der Waals surface area (Å²) in [5.74, 6) is -2.21. The van der Waals surface area contributed by atoms with Crippen molar-refractivity contribution in [2.75, 3.05) is 20.2 Å². The second-order valence-corrected chi connectivity index (χ2v) is 7.15. The molecule has 0 saturated heterocycles. The largest absolute Gasteiger partial charge is 0.489 e. The van der Waals surface area contributed by atoms with Crippen molar-refractivity contribution in [1.29, 1.82) is 0 Å². The Morgan fingerprint density at radius 3 is 2.63 bits per heavy atom. The number of rotatable bonds is 10. The van der Waals surface area contributed by atoms with E-state index >= 15 is 0 Å². The van der Waals surface area contributed by atoms with Crippen molar-refractivity contribution < 1.29 is 13.9 Å². The fraction of sp³-hybridized carbons (Fsp3) is 0.304. The van der Waals surface area contributed by atoms with Crippen molar-refractivity contribution in [3.63, 3.8) is 0 Å². The van der Waals surface area contributed by atoms with Gasteiger partial charge in [-0.1, -0.05) is 43.5 Å². The number of hydrogen-bond donors (Lipinski definition) is 2. The normalized spacial score (nSPS) is 16.8. The number of carbonyl (C=O) groups excluding carboxylic acids is 1. The van der Waals surface area contributed by atoms with Crippen LogP contribution >= 0.6 is 0 Å². The zero-order valence-corrected chi connectivity index (χ0v) is 17.7. The van der Waals surface area contributed by atoms with E-state index in [2.05, 4.69) is 23.5 Å². The van der Waals surface area contributed by atoms with Crippen LogP contribution in [0, 0.1) is 0 Å². The quantitative estimate of drug-likeness (QED) is 0.267. The number of carbonyl (C=O) groups is 1. The highest BCUT2D eigenvalue weighted by molar-refractivity contribution is 6.00. The van der Waals surface area contributed by atoms with Gasteiger partial charge in [0.25, 0.3) is 5.91 Å². The number of nitrogens with two attached hydrogens (primary N) is 1. The molecule has 1 aromatic rings. The summed E-state index contributed by atoms with van der Waals surface area (Å²) in [6.45, 7) is 10.9. The Labute approximate surface area is 177 Å². The first-order valence-electron chi connectivity index (χ1n) is 9.60. The maximum absolute atomic E-state index is 13.6. The Kier molecular flexibility index (Phi) is 7.72. The highest BCUT2D eigenvalue weighted by Crippen LogP contribution is 2.28. The van der Waals surface area contributed by atoms with Gasteiger partial charge < -0.3 is 15.0 Å². The molecular weight excluding hydrogens is 383 g/mol. The summed E-state index contributed by atoms with van der Waals surface area (Å²) in [6, 6.07) is 7.88. The lowest BCUT2D eigenvalue weighted by Gasteiger charge is -2.19. The number of benzene rings is 1. The summed E-state index contributed by atoms with van der Waals surface area (Å²) in [5, 5.41) is 2.99. The van der Waals surface area contributed by atoms with E-state index < -0.39 is 12.4 Å². The standard InChI is InChI=1S/C23H29FN4O2/c1-6-18(12-26-5)19-10-8-17(9-11-19)13-28-14-20(27-7-2)21(22(28)29)16(3)30-15-23(4,24)25/h6-12,26H,1,3,13-15,25H2,2,4-5H3/b18-12+,27-7?. The number of nitrogens with zero attached hydrogens (tertiary/aromatic N) is 2. The molecule has 0 fully saturated rings. The van der Waals surface area contributed by atoms with E-state index in [-0.39, 0.29) is 17.2 Å². The van der Waals surface area contributed by atoms with Gasteiger partial charge >= 0.3 is 0 Å². The molecule has 160 valence electrons. The van der Waals surface area contributed by atoms with Gasteiger partial charge in [-0.05, 0) is 30.5 Å². The molecule has 0 spiro atoms. The zero-order valence-electron chi connectivity index (χ0n) is 17.7. The lowest BCUT2D eigenvalue weighted by atomic mass is 10.0.